The fourth-order valence-electron chi connectivity index (χ4n) is 3.27. The number of hydrogen-bond donors (Lipinski definition) is 0. The highest BCUT2D eigenvalue weighted by atomic mass is 79.9. The first-order chi connectivity index (χ1) is 10.7. The van der Waals surface area contributed by atoms with Crippen LogP contribution in [-0.2, 0) is 13.0 Å². The third-order valence-corrected chi connectivity index (χ3v) is 5.04. The number of carbonyl (C=O) groups is 1. The van der Waals surface area contributed by atoms with Crippen LogP contribution in [0.1, 0.15) is 21.7 Å². The van der Waals surface area contributed by atoms with Gasteiger partial charge in [0.1, 0.15) is 0 Å². The minimum atomic E-state index is -0.0145. The van der Waals surface area contributed by atoms with Crippen molar-refractivity contribution in [2.24, 2.45) is 0 Å². The standard InChI is InChI=1S/C17H17BrN2O2/c18-16-6-5-15(22-16)17(21)20-10-14(11-20)19-8-7-12-3-1-2-4-13(12)9-19/h1-6,14H,7-11H2. The Morgan fingerprint density at radius 3 is 2.64 bits per heavy atom. The van der Waals surface area contributed by atoms with Gasteiger partial charge >= 0.3 is 0 Å². The van der Waals surface area contributed by atoms with Crippen LogP contribution < -0.4 is 0 Å². The zero-order chi connectivity index (χ0) is 15.1. The van der Waals surface area contributed by atoms with Crippen LogP contribution in [0.15, 0.2) is 45.5 Å². The van der Waals surface area contributed by atoms with Crippen LogP contribution >= 0.6 is 15.9 Å². The molecule has 22 heavy (non-hydrogen) atoms. The Bertz CT molecular complexity index is 706. The number of amides is 1. The molecule has 0 bridgehead atoms. The summed E-state index contributed by atoms with van der Waals surface area (Å²) in [5.41, 5.74) is 2.89. The van der Waals surface area contributed by atoms with Gasteiger partial charge < -0.3 is 9.32 Å². The number of hydrogen-bond acceptors (Lipinski definition) is 3. The number of fused-ring (bicyclic) bond motifs is 1. The average molecular weight is 361 g/mol. The zero-order valence-electron chi connectivity index (χ0n) is 12.2. The molecule has 5 heteroatoms. The Morgan fingerprint density at radius 1 is 1.14 bits per heavy atom. The normalized spacial score (nSPS) is 18.9. The summed E-state index contributed by atoms with van der Waals surface area (Å²) >= 11 is 3.23. The summed E-state index contributed by atoms with van der Waals surface area (Å²) in [5.74, 6) is 0.397. The Hall–Kier alpha value is -1.59. The van der Waals surface area contributed by atoms with Gasteiger partial charge in [0.15, 0.2) is 10.4 Å². The lowest BCUT2D eigenvalue weighted by Gasteiger charge is -2.46. The van der Waals surface area contributed by atoms with Crippen LogP contribution in [-0.4, -0.2) is 41.4 Å². The summed E-state index contributed by atoms with van der Waals surface area (Å²) in [5, 5.41) is 0. The number of carbonyl (C=O) groups excluding carboxylic acids is 1. The van der Waals surface area contributed by atoms with Crippen molar-refractivity contribution in [3.05, 3.63) is 58.0 Å². The number of halogens is 1. The highest BCUT2D eigenvalue weighted by molar-refractivity contribution is 9.10. The van der Waals surface area contributed by atoms with E-state index in [0.717, 1.165) is 32.6 Å². The number of furan rings is 1. The molecule has 1 fully saturated rings. The Morgan fingerprint density at radius 2 is 1.91 bits per heavy atom. The van der Waals surface area contributed by atoms with Crippen LogP contribution in [0.5, 0.6) is 0 Å². The summed E-state index contributed by atoms with van der Waals surface area (Å²) in [6.07, 6.45) is 1.10. The van der Waals surface area contributed by atoms with E-state index in [2.05, 4.69) is 45.1 Å². The van der Waals surface area contributed by atoms with Gasteiger partial charge in [0, 0.05) is 32.2 Å². The van der Waals surface area contributed by atoms with E-state index in [-0.39, 0.29) is 5.91 Å². The van der Waals surface area contributed by atoms with Gasteiger partial charge in [0.25, 0.3) is 5.91 Å². The Balaban J connectivity index is 1.37. The van der Waals surface area contributed by atoms with E-state index in [9.17, 15) is 4.79 Å². The SMILES string of the molecule is O=C(c1ccc(Br)o1)N1CC(N2CCc3ccccc3C2)C1. The first kappa shape index (κ1) is 14.0. The van der Waals surface area contributed by atoms with E-state index in [1.165, 1.54) is 11.1 Å². The number of nitrogens with zero attached hydrogens (tertiary/aromatic N) is 2. The predicted molar refractivity (Wildman–Crippen MR) is 86.7 cm³/mol. The van der Waals surface area contributed by atoms with E-state index in [4.69, 9.17) is 4.42 Å². The summed E-state index contributed by atoms with van der Waals surface area (Å²) < 4.78 is 5.94. The highest BCUT2D eigenvalue weighted by Crippen LogP contribution is 2.26. The van der Waals surface area contributed by atoms with Gasteiger partial charge in [0.05, 0.1) is 0 Å². The molecule has 0 aliphatic carbocycles. The molecule has 1 aromatic carbocycles. The summed E-state index contributed by atoms with van der Waals surface area (Å²) in [6.45, 7) is 3.66. The molecule has 114 valence electrons. The molecule has 0 spiro atoms. The number of benzene rings is 1. The van der Waals surface area contributed by atoms with Crippen molar-refractivity contribution < 1.29 is 9.21 Å². The molecular formula is C17H17BrN2O2. The lowest BCUT2D eigenvalue weighted by molar-refractivity contribution is 0.0195. The fourth-order valence-corrected chi connectivity index (χ4v) is 3.57. The second-order valence-corrected chi connectivity index (χ2v) is 6.74. The van der Waals surface area contributed by atoms with Crippen molar-refractivity contribution in [2.75, 3.05) is 19.6 Å². The second kappa shape index (κ2) is 5.56. The number of rotatable bonds is 2. The van der Waals surface area contributed by atoms with Crippen molar-refractivity contribution in [1.82, 2.24) is 9.80 Å². The van der Waals surface area contributed by atoms with Crippen LogP contribution in [0, 0.1) is 0 Å². The molecule has 2 aliphatic heterocycles. The van der Waals surface area contributed by atoms with E-state index in [0.29, 0.717) is 16.5 Å². The molecule has 1 amide bonds. The van der Waals surface area contributed by atoms with Gasteiger partial charge in [-0.2, -0.15) is 0 Å². The van der Waals surface area contributed by atoms with Gasteiger partial charge in [0.2, 0.25) is 0 Å². The molecule has 2 aromatic rings. The van der Waals surface area contributed by atoms with Crippen LogP contribution in [0.25, 0.3) is 0 Å². The number of likely N-dealkylation sites (tertiary alicyclic amines) is 1. The lowest BCUT2D eigenvalue weighted by atomic mass is 9.96. The molecule has 0 atom stereocenters. The van der Waals surface area contributed by atoms with Crippen molar-refractivity contribution in [3.63, 3.8) is 0 Å². The van der Waals surface area contributed by atoms with Gasteiger partial charge in [-0.05, 0) is 45.6 Å². The first-order valence-electron chi connectivity index (χ1n) is 7.56. The van der Waals surface area contributed by atoms with E-state index < -0.39 is 0 Å². The molecule has 3 heterocycles. The quantitative estimate of drug-likeness (QED) is 0.826. The molecule has 1 saturated heterocycles. The summed E-state index contributed by atoms with van der Waals surface area (Å²) in [4.78, 5) is 16.6. The third kappa shape index (κ3) is 2.48. The van der Waals surface area contributed by atoms with Crippen molar-refractivity contribution in [1.29, 1.82) is 0 Å². The van der Waals surface area contributed by atoms with E-state index >= 15 is 0 Å². The largest absolute Gasteiger partial charge is 0.444 e. The smallest absolute Gasteiger partial charge is 0.289 e. The van der Waals surface area contributed by atoms with Gasteiger partial charge in [-0.1, -0.05) is 24.3 Å². The van der Waals surface area contributed by atoms with Crippen LogP contribution in [0.2, 0.25) is 0 Å². The lowest BCUT2D eigenvalue weighted by Crippen LogP contribution is -2.61. The van der Waals surface area contributed by atoms with E-state index in [1.807, 2.05) is 4.90 Å². The van der Waals surface area contributed by atoms with Gasteiger partial charge in [-0.25, -0.2) is 0 Å². The highest BCUT2D eigenvalue weighted by Gasteiger charge is 2.37. The topological polar surface area (TPSA) is 36.7 Å². The minimum absolute atomic E-state index is 0.0145. The molecule has 0 N–H and O–H groups in total. The zero-order valence-corrected chi connectivity index (χ0v) is 13.8. The van der Waals surface area contributed by atoms with Gasteiger partial charge in [-0.3, -0.25) is 9.69 Å². The van der Waals surface area contributed by atoms with E-state index in [1.54, 1.807) is 12.1 Å². The third-order valence-electron chi connectivity index (χ3n) is 4.61. The minimum Gasteiger partial charge on any atom is -0.444 e. The molecule has 2 aliphatic rings. The fraction of sp³-hybridized carbons (Fsp3) is 0.353. The second-order valence-electron chi connectivity index (χ2n) is 5.96. The average Bonchev–Trinajstić information content (AvgIpc) is 2.92. The van der Waals surface area contributed by atoms with Crippen LogP contribution in [0.3, 0.4) is 0 Å². The molecule has 4 rings (SSSR count). The molecule has 4 nitrogen and oxygen atoms in total. The predicted octanol–water partition coefficient (Wildman–Crippen LogP) is 2.92. The Labute approximate surface area is 137 Å². The molecular weight excluding hydrogens is 344 g/mol. The maximum absolute atomic E-state index is 12.3. The maximum atomic E-state index is 12.3. The van der Waals surface area contributed by atoms with Crippen molar-refractivity contribution in [2.45, 2.75) is 19.0 Å². The molecule has 0 unspecified atom stereocenters. The summed E-state index contributed by atoms with van der Waals surface area (Å²) in [7, 11) is 0. The molecule has 1 aromatic heterocycles. The molecule has 0 radical (unpaired) electrons. The summed E-state index contributed by atoms with van der Waals surface area (Å²) in [6, 6.07) is 12.6. The van der Waals surface area contributed by atoms with Crippen LogP contribution in [0.4, 0.5) is 0 Å². The first-order valence-corrected chi connectivity index (χ1v) is 8.35. The van der Waals surface area contributed by atoms with Gasteiger partial charge in [-0.15, -0.1) is 0 Å². The maximum Gasteiger partial charge on any atom is 0.289 e. The van der Waals surface area contributed by atoms with Crippen molar-refractivity contribution >= 4 is 21.8 Å². The Kier molecular flexibility index (Phi) is 3.54. The van der Waals surface area contributed by atoms with Crippen molar-refractivity contribution in [3.8, 4) is 0 Å². The molecule has 0 saturated carbocycles. The monoisotopic (exact) mass is 360 g/mol.